The maximum Gasteiger partial charge on any atom is 0.253 e. The van der Waals surface area contributed by atoms with Gasteiger partial charge in [0.15, 0.2) is 0 Å². The standard InChI is InChI=1S/C12H19NO2/c1-10-6-5-7-13(11(10)14)8-9-15-12(2,3)4/h5-7H,8-9H2,1-4H3. The molecule has 0 unspecified atom stereocenters. The summed E-state index contributed by atoms with van der Waals surface area (Å²) in [6.07, 6.45) is 1.79. The zero-order valence-electron chi connectivity index (χ0n) is 9.91. The molecule has 1 aromatic heterocycles. The van der Waals surface area contributed by atoms with Crippen LogP contribution in [0.5, 0.6) is 0 Å². The maximum atomic E-state index is 11.6. The monoisotopic (exact) mass is 209 g/mol. The highest BCUT2D eigenvalue weighted by molar-refractivity contribution is 5.07. The molecule has 0 aliphatic rings. The van der Waals surface area contributed by atoms with E-state index in [1.54, 1.807) is 10.8 Å². The second-order valence-electron chi connectivity index (χ2n) is 4.65. The summed E-state index contributed by atoms with van der Waals surface area (Å²) in [5, 5.41) is 0. The Labute approximate surface area is 90.7 Å². The Morgan fingerprint density at radius 2 is 2.07 bits per heavy atom. The summed E-state index contributed by atoms with van der Waals surface area (Å²) in [6, 6.07) is 3.71. The van der Waals surface area contributed by atoms with Gasteiger partial charge in [0.1, 0.15) is 0 Å². The molecular formula is C12H19NO2. The van der Waals surface area contributed by atoms with Crippen LogP contribution in [-0.4, -0.2) is 16.8 Å². The molecule has 0 N–H and O–H groups in total. The van der Waals surface area contributed by atoms with Gasteiger partial charge in [0, 0.05) is 18.3 Å². The molecule has 0 aliphatic carbocycles. The first-order valence-electron chi connectivity index (χ1n) is 5.20. The number of aromatic nitrogens is 1. The van der Waals surface area contributed by atoms with E-state index in [1.807, 2.05) is 39.8 Å². The summed E-state index contributed by atoms with van der Waals surface area (Å²) in [4.78, 5) is 11.6. The van der Waals surface area contributed by atoms with Gasteiger partial charge in [0.05, 0.1) is 12.2 Å². The van der Waals surface area contributed by atoms with Crippen LogP contribution in [0.3, 0.4) is 0 Å². The number of aryl methyl sites for hydroxylation is 1. The Kier molecular flexibility index (Phi) is 3.69. The summed E-state index contributed by atoms with van der Waals surface area (Å²) < 4.78 is 7.25. The van der Waals surface area contributed by atoms with Crippen LogP contribution in [0.2, 0.25) is 0 Å². The van der Waals surface area contributed by atoms with Crippen molar-refractivity contribution < 1.29 is 4.74 Å². The Balaban J connectivity index is 2.59. The van der Waals surface area contributed by atoms with E-state index in [9.17, 15) is 4.79 Å². The van der Waals surface area contributed by atoms with Crippen LogP contribution in [-0.2, 0) is 11.3 Å². The zero-order valence-corrected chi connectivity index (χ0v) is 9.91. The van der Waals surface area contributed by atoms with E-state index in [4.69, 9.17) is 4.74 Å². The van der Waals surface area contributed by atoms with Gasteiger partial charge in [-0.1, -0.05) is 6.07 Å². The van der Waals surface area contributed by atoms with E-state index in [0.29, 0.717) is 13.2 Å². The molecule has 3 heteroatoms. The molecule has 0 amide bonds. The molecule has 0 atom stereocenters. The van der Waals surface area contributed by atoms with Crippen molar-refractivity contribution >= 4 is 0 Å². The Bertz CT molecular complexity index is 374. The van der Waals surface area contributed by atoms with Crippen molar-refractivity contribution in [1.29, 1.82) is 0 Å². The number of rotatable bonds is 3. The number of ether oxygens (including phenoxy) is 1. The normalized spacial score (nSPS) is 11.7. The minimum Gasteiger partial charge on any atom is -0.374 e. The van der Waals surface area contributed by atoms with Crippen molar-refractivity contribution in [1.82, 2.24) is 4.57 Å². The molecule has 0 radical (unpaired) electrons. The van der Waals surface area contributed by atoms with Gasteiger partial charge in [0.25, 0.3) is 5.56 Å². The van der Waals surface area contributed by atoms with Gasteiger partial charge in [-0.25, -0.2) is 0 Å². The van der Waals surface area contributed by atoms with Crippen LogP contribution >= 0.6 is 0 Å². The first kappa shape index (κ1) is 12.0. The second kappa shape index (κ2) is 4.62. The third-order valence-corrected chi connectivity index (χ3v) is 2.08. The smallest absolute Gasteiger partial charge is 0.253 e. The quantitative estimate of drug-likeness (QED) is 0.762. The van der Waals surface area contributed by atoms with Crippen LogP contribution in [0.15, 0.2) is 23.1 Å². The predicted molar refractivity (Wildman–Crippen MR) is 61.1 cm³/mol. The van der Waals surface area contributed by atoms with Crippen molar-refractivity contribution in [3.63, 3.8) is 0 Å². The van der Waals surface area contributed by atoms with Crippen LogP contribution in [0.25, 0.3) is 0 Å². The highest BCUT2D eigenvalue weighted by atomic mass is 16.5. The fourth-order valence-corrected chi connectivity index (χ4v) is 1.28. The Hall–Kier alpha value is -1.09. The summed E-state index contributed by atoms with van der Waals surface area (Å²) in [6.45, 7) is 9.01. The van der Waals surface area contributed by atoms with E-state index >= 15 is 0 Å². The Morgan fingerprint density at radius 1 is 1.40 bits per heavy atom. The summed E-state index contributed by atoms with van der Waals surface area (Å²) in [7, 11) is 0. The molecule has 0 aromatic carbocycles. The van der Waals surface area contributed by atoms with Crippen molar-refractivity contribution in [2.24, 2.45) is 0 Å². The van der Waals surface area contributed by atoms with E-state index in [1.165, 1.54) is 0 Å². The number of nitrogens with zero attached hydrogens (tertiary/aromatic N) is 1. The van der Waals surface area contributed by atoms with E-state index < -0.39 is 0 Å². The topological polar surface area (TPSA) is 31.2 Å². The van der Waals surface area contributed by atoms with E-state index in [-0.39, 0.29) is 11.2 Å². The molecule has 0 aliphatic heterocycles. The first-order valence-corrected chi connectivity index (χ1v) is 5.20. The van der Waals surface area contributed by atoms with Gasteiger partial charge >= 0.3 is 0 Å². The SMILES string of the molecule is Cc1cccn(CCOC(C)(C)C)c1=O. The second-order valence-corrected chi connectivity index (χ2v) is 4.65. The van der Waals surface area contributed by atoms with Crippen LogP contribution < -0.4 is 5.56 Å². The fourth-order valence-electron chi connectivity index (χ4n) is 1.28. The highest BCUT2D eigenvalue weighted by Crippen LogP contribution is 2.05. The largest absolute Gasteiger partial charge is 0.374 e. The van der Waals surface area contributed by atoms with E-state index in [0.717, 1.165) is 5.56 Å². The number of pyridine rings is 1. The zero-order chi connectivity index (χ0) is 11.5. The van der Waals surface area contributed by atoms with Crippen molar-refractivity contribution in [3.05, 3.63) is 34.2 Å². The lowest BCUT2D eigenvalue weighted by atomic mass is 10.2. The summed E-state index contributed by atoms with van der Waals surface area (Å²) in [5.74, 6) is 0. The fraction of sp³-hybridized carbons (Fsp3) is 0.583. The minimum absolute atomic E-state index is 0.0648. The van der Waals surface area contributed by atoms with Gasteiger partial charge in [0.2, 0.25) is 0 Å². The lowest BCUT2D eigenvalue weighted by molar-refractivity contribution is -0.00714. The molecule has 0 spiro atoms. The van der Waals surface area contributed by atoms with Crippen LogP contribution in [0.1, 0.15) is 26.3 Å². The summed E-state index contributed by atoms with van der Waals surface area (Å²) in [5.41, 5.74) is 0.691. The highest BCUT2D eigenvalue weighted by Gasteiger charge is 2.09. The van der Waals surface area contributed by atoms with Gasteiger partial charge in [-0.05, 0) is 33.8 Å². The molecular weight excluding hydrogens is 190 g/mol. The van der Waals surface area contributed by atoms with Gasteiger partial charge in [-0.15, -0.1) is 0 Å². The van der Waals surface area contributed by atoms with Crippen LogP contribution in [0.4, 0.5) is 0 Å². The number of hydrogen-bond donors (Lipinski definition) is 0. The molecule has 0 bridgehead atoms. The third kappa shape index (κ3) is 3.88. The van der Waals surface area contributed by atoms with Gasteiger partial charge < -0.3 is 9.30 Å². The van der Waals surface area contributed by atoms with Crippen LogP contribution in [0, 0.1) is 6.92 Å². The average Bonchev–Trinajstić information content (AvgIpc) is 2.10. The molecule has 1 rings (SSSR count). The third-order valence-electron chi connectivity index (χ3n) is 2.08. The number of hydrogen-bond acceptors (Lipinski definition) is 2. The van der Waals surface area contributed by atoms with Gasteiger partial charge in [-0.3, -0.25) is 4.79 Å². The average molecular weight is 209 g/mol. The molecule has 3 nitrogen and oxygen atoms in total. The maximum absolute atomic E-state index is 11.6. The molecule has 84 valence electrons. The molecule has 1 heterocycles. The summed E-state index contributed by atoms with van der Waals surface area (Å²) >= 11 is 0. The van der Waals surface area contributed by atoms with Gasteiger partial charge in [-0.2, -0.15) is 0 Å². The van der Waals surface area contributed by atoms with Crippen molar-refractivity contribution in [3.8, 4) is 0 Å². The molecule has 1 aromatic rings. The van der Waals surface area contributed by atoms with Crippen molar-refractivity contribution in [2.75, 3.05) is 6.61 Å². The molecule has 0 saturated heterocycles. The van der Waals surface area contributed by atoms with Crippen molar-refractivity contribution in [2.45, 2.75) is 39.8 Å². The minimum atomic E-state index is -0.145. The molecule has 15 heavy (non-hydrogen) atoms. The molecule has 0 saturated carbocycles. The lowest BCUT2D eigenvalue weighted by Crippen LogP contribution is -2.27. The first-order chi connectivity index (χ1) is 6.90. The predicted octanol–water partition coefficient (Wildman–Crippen LogP) is 1.97. The molecule has 0 fully saturated rings. The van der Waals surface area contributed by atoms with E-state index in [2.05, 4.69) is 0 Å². The Morgan fingerprint density at radius 3 is 2.67 bits per heavy atom. The lowest BCUT2D eigenvalue weighted by Gasteiger charge is -2.19.